The third-order valence-electron chi connectivity index (χ3n) is 10.0. The van der Waals surface area contributed by atoms with Gasteiger partial charge in [-0.05, 0) is 6.92 Å². The van der Waals surface area contributed by atoms with E-state index in [1.54, 1.807) is 0 Å². The molecule has 0 atom stereocenters. The highest BCUT2D eigenvalue weighted by atomic mass is 19.2. The topological polar surface area (TPSA) is 16.8 Å². The summed E-state index contributed by atoms with van der Waals surface area (Å²) in [5.41, 5.74) is -9.62. The van der Waals surface area contributed by atoms with Gasteiger partial charge in [0.2, 0.25) is 0 Å². The lowest BCUT2D eigenvalue weighted by Crippen LogP contribution is -2.81. The van der Waals surface area contributed by atoms with Crippen molar-refractivity contribution >= 4 is 28.0 Å². The monoisotopic (exact) mass is 940 g/mol. The Labute approximate surface area is 350 Å². The standard InChI is InChI=1S/C24BF20.C18H17N2/c26-5-1(6(27)14(35)21(42)13(5)34)25(2-7(28)15(36)22(43)16(37)8(2)29,3-9(30)17(38)23(44)18(39)10(3)31)4-11(32)19(40)24(45)20(41)12(4)33;1-15-7-9-17(10-8-15)18-14-20(12-11-19-18)13-16-5-3-2-4-6-16/h;2-12,14H,13H2,1H3/q-1;+1. The maximum absolute atomic E-state index is 15.4. The van der Waals surface area contributed by atoms with Gasteiger partial charge in [-0.3, -0.25) is 0 Å². The Morgan fingerprint density at radius 1 is 0.385 bits per heavy atom. The molecule has 6 aromatic carbocycles. The number of hydrogen-bond donors (Lipinski definition) is 0. The fraction of sp³-hybridized carbons (Fsp3) is 0.0476. The van der Waals surface area contributed by atoms with Crippen LogP contribution < -0.4 is 26.4 Å². The van der Waals surface area contributed by atoms with Gasteiger partial charge in [-0.1, -0.05) is 60.2 Å². The minimum Gasteiger partial charge on any atom is -0.244 e. The highest BCUT2D eigenvalue weighted by molar-refractivity contribution is 7.20. The first-order chi connectivity index (χ1) is 30.5. The minimum absolute atomic E-state index is 0.863. The lowest BCUT2D eigenvalue weighted by atomic mass is 9.12. The molecular weight excluding hydrogens is 923 g/mol. The van der Waals surface area contributed by atoms with Crippen molar-refractivity contribution in [3.8, 4) is 11.3 Å². The summed E-state index contributed by atoms with van der Waals surface area (Å²) in [5.74, 6) is -71.4. The molecule has 0 spiro atoms. The van der Waals surface area contributed by atoms with E-state index in [1.165, 1.54) is 11.1 Å². The fourth-order valence-electron chi connectivity index (χ4n) is 7.07. The van der Waals surface area contributed by atoms with E-state index in [9.17, 15) is 52.7 Å². The number of aromatic nitrogens is 2. The van der Waals surface area contributed by atoms with Crippen LogP contribution in [-0.4, -0.2) is 11.1 Å². The first-order valence-electron chi connectivity index (χ1n) is 17.7. The summed E-state index contributed by atoms with van der Waals surface area (Å²) in [6, 6.07) is 18.9. The summed E-state index contributed by atoms with van der Waals surface area (Å²) in [7, 11) is 0. The lowest BCUT2D eigenvalue weighted by Gasteiger charge is -2.44. The largest absolute Gasteiger partial charge is 0.244 e. The molecule has 0 bridgehead atoms. The smallest absolute Gasteiger partial charge is 0.200 e. The lowest BCUT2D eigenvalue weighted by molar-refractivity contribution is -0.688. The van der Waals surface area contributed by atoms with Crippen molar-refractivity contribution in [3.63, 3.8) is 0 Å². The van der Waals surface area contributed by atoms with Crippen LogP contribution in [-0.2, 0) is 6.54 Å². The molecule has 0 aliphatic carbocycles. The number of aryl methyl sites for hydroxylation is 1. The zero-order chi connectivity index (χ0) is 48.1. The van der Waals surface area contributed by atoms with Crippen LogP contribution in [0.5, 0.6) is 0 Å². The molecule has 1 heterocycles. The molecule has 1 aromatic heterocycles. The molecule has 0 amide bonds. The van der Waals surface area contributed by atoms with E-state index in [-0.39, 0.29) is 0 Å². The molecule has 0 saturated carbocycles. The summed E-state index contributed by atoms with van der Waals surface area (Å²) in [6.07, 6.45) is -1.26. The van der Waals surface area contributed by atoms with Crippen molar-refractivity contribution in [1.29, 1.82) is 0 Å². The Bertz CT molecular complexity index is 2640. The molecule has 0 aliphatic rings. The van der Waals surface area contributed by atoms with Gasteiger partial charge in [0.25, 0.3) is 0 Å². The van der Waals surface area contributed by atoms with Crippen LogP contribution in [0.25, 0.3) is 11.3 Å². The highest BCUT2D eigenvalue weighted by Gasteiger charge is 2.52. The molecular formula is C42H17BF20N2. The van der Waals surface area contributed by atoms with Gasteiger partial charge in [0, 0.05) is 11.1 Å². The fourth-order valence-corrected chi connectivity index (χ4v) is 7.07. The first-order valence-corrected chi connectivity index (χ1v) is 17.7. The Morgan fingerprint density at radius 2 is 0.677 bits per heavy atom. The third-order valence-corrected chi connectivity index (χ3v) is 10.0. The molecule has 0 radical (unpaired) electrons. The van der Waals surface area contributed by atoms with E-state index in [4.69, 9.17) is 0 Å². The van der Waals surface area contributed by atoms with Crippen molar-refractivity contribution in [2.75, 3.05) is 0 Å². The molecule has 65 heavy (non-hydrogen) atoms. The van der Waals surface area contributed by atoms with Crippen molar-refractivity contribution in [3.05, 3.63) is 201 Å². The number of halogens is 20. The van der Waals surface area contributed by atoms with Crippen molar-refractivity contribution in [2.45, 2.75) is 13.5 Å². The maximum atomic E-state index is 15.4. The molecule has 23 heteroatoms. The van der Waals surface area contributed by atoms with Crippen LogP contribution >= 0.6 is 0 Å². The van der Waals surface area contributed by atoms with Crippen LogP contribution in [0.4, 0.5) is 87.8 Å². The Kier molecular flexibility index (Phi) is 13.1. The van der Waals surface area contributed by atoms with E-state index in [0.717, 1.165) is 17.8 Å². The molecule has 0 fully saturated rings. The van der Waals surface area contributed by atoms with Gasteiger partial charge in [-0.25, -0.2) is 92.8 Å². The molecule has 0 unspecified atom stereocenters. The molecule has 0 N–H and O–H groups in total. The summed E-state index contributed by atoms with van der Waals surface area (Å²) in [5, 5.41) is 0. The second-order valence-corrected chi connectivity index (χ2v) is 13.8. The number of hydrogen-bond acceptors (Lipinski definition) is 1. The Balaban J connectivity index is 0.000000289. The van der Waals surface area contributed by atoms with Crippen molar-refractivity contribution in [2.24, 2.45) is 0 Å². The van der Waals surface area contributed by atoms with Crippen molar-refractivity contribution < 1.29 is 92.4 Å². The van der Waals surface area contributed by atoms with Crippen LogP contribution in [0, 0.1) is 123 Å². The van der Waals surface area contributed by atoms with Gasteiger partial charge in [0.05, 0.1) is 6.20 Å². The second-order valence-electron chi connectivity index (χ2n) is 13.8. The summed E-state index contributed by atoms with van der Waals surface area (Å²) < 4.78 is 296. The number of benzene rings is 6. The first kappa shape index (κ1) is 47.5. The van der Waals surface area contributed by atoms with Gasteiger partial charge in [-0.15, -0.1) is 21.9 Å². The quantitative estimate of drug-likeness (QED) is 0.0513. The van der Waals surface area contributed by atoms with Gasteiger partial charge < -0.3 is 0 Å². The van der Waals surface area contributed by atoms with Gasteiger partial charge in [0.15, 0.2) is 88.7 Å². The molecule has 0 aliphatic heterocycles. The summed E-state index contributed by atoms with van der Waals surface area (Å²) >= 11 is 0. The van der Waals surface area contributed by atoms with Gasteiger partial charge in [-0.2, -0.15) is 4.57 Å². The van der Waals surface area contributed by atoms with E-state index in [0.29, 0.717) is 0 Å². The highest BCUT2D eigenvalue weighted by Crippen LogP contribution is 2.31. The van der Waals surface area contributed by atoms with E-state index in [1.807, 2.05) is 18.5 Å². The molecule has 338 valence electrons. The van der Waals surface area contributed by atoms with E-state index in [2.05, 4.69) is 71.2 Å². The summed E-state index contributed by atoms with van der Waals surface area (Å²) in [4.78, 5) is 4.46. The predicted octanol–water partition coefficient (Wildman–Crippen LogP) is 9.24. The zero-order valence-corrected chi connectivity index (χ0v) is 31.7. The van der Waals surface area contributed by atoms with Crippen LogP contribution in [0.3, 0.4) is 0 Å². The second kappa shape index (κ2) is 17.9. The van der Waals surface area contributed by atoms with Crippen LogP contribution in [0.1, 0.15) is 11.1 Å². The summed E-state index contributed by atoms with van der Waals surface area (Å²) in [6.45, 7) is 2.96. The van der Waals surface area contributed by atoms with Gasteiger partial charge >= 0.3 is 0 Å². The Hall–Kier alpha value is -6.94. The predicted molar refractivity (Wildman–Crippen MR) is 189 cm³/mol. The molecule has 7 aromatic rings. The molecule has 2 nitrogen and oxygen atoms in total. The SMILES string of the molecule is Cc1ccc(-c2c[n+](Cc3ccccc3)ccn2)cc1.Fc1c(F)c(F)c([B-](c2c(F)c(F)c(F)c(F)c2F)(c2c(F)c(F)c(F)c(F)c2F)c2c(F)c(F)c(F)c(F)c2F)c(F)c1F. The van der Waals surface area contributed by atoms with E-state index < -0.39 is 144 Å². The van der Waals surface area contributed by atoms with Crippen molar-refractivity contribution in [1.82, 2.24) is 4.98 Å². The average Bonchev–Trinajstić information content (AvgIpc) is 3.29. The number of nitrogens with zero attached hydrogens (tertiary/aromatic N) is 2. The molecule has 0 saturated heterocycles. The minimum atomic E-state index is -7.22. The Morgan fingerprint density at radius 3 is 0.985 bits per heavy atom. The molecule has 7 rings (SSSR count). The zero-order valence-electron chi connectivity index (χ0n) is 31.7. The number of rotatable bonds is 7. The maximum Gasteiger partial charge on any atom is 0.200 e. The normalized spacial score (nSPS) is 11.5. The van der Waals surface area contributed by atoms with E-state index >= 15 is 35.1 Å². The average molecular weight is 940 g/mol. The van der Waals surface area contributed by atoms with Crippen LogP contribution in [0.2, 0.25) is 0 Å². The third kappa shape index (κ3) is 7.79. The van der Waals surface area contributed by atoms with Crippen LogP contribution in [0.15, 0.2) is 73.2 Å². The van der Waals surface area contributed by atoms with Gasteiger partial charge in [0.1, 0.15) is 58.4 Å².